The summed E-state index contributed by atoms with van der Waals surface area (Å²) in [6.07, 6.45) is -2.86. The molecule has 0 atom stereocenters. The molecule has 2 aromatic rings. The highest BCUT2D eigenvalue weighted by molar-refractivity contribution is 5.53. The van der Waals surface area contributed by atoms with Gasteiger partial charge in [-0.15, -0.1) is 13.2 Å². The molecule has 1 aromatic carbocycles. The maximum absolute atomic E-state index is 12.0. The Morgan fingerprint density at radius 1 is 1.18 bits per heavy atom. The summed E-state index contributed by atoms with van der Waals surface area (Å²) in [5.74, 6) is 0.460. The van der Waals surface area contributed by atoms with Gasteiger partial charge in [0.05, 0.1) is 12.3 Å². The fraction of sp³-hybridized carbons (Fsp3) is 0.286. The number of rotatable bonds is 4. The summed E-state index contributed by atoms with van der Waals surface area (Å²) in [6, 6.07) is 6.43. The molecule has 0 saturated heterocycles. The minimum atomic E-state index is -4.62. The lowest BCUT2D eigenvalue weighted by molar-refractivity contribution is -0.330. The molecule has 1 aliphatic heterocycles. The van der Waals surface area contributed by atoms with Crippen molar-refractivity contribution < 1.29 is 17.9 Å². The predicted molar refractivity (Wildman–Crippen MR) is 73.1 cm³/mol. The smallest absolute Gasteiger partial charge is 0.324 e. The van der Waals surface area contributed by atoms with Crippen LogP contribution in [0.1, 0.15) is 16.8 Å². The summed E-state index contributed by atoms with van der Waals surface area (Å²) in [7, 11) is 0. The van der Waals surface area contributed by atoms with Crippen LogP contribution in [-0.2, 0) is 24.4 Å². The SMILES string of the molecule is FC(F)(F)OCc1ccc(Nc2ncc3c(n2)CNC3)cc1. The van der Waals surface area contributed by atoms with Crippen molar-refractivity contribution in [1.29, 1.82) is 0 Å². The molecule has 5 nitrogen and oxygen atoms in total. The standard InChI is InChI=1S/C14H13F3N4O/c15-14(16,17)22-8-9-1-3-11(4-2-9)20-13-19-6-10-5-18-7-12(10)21-13/h1-4,6,18H,5,7-8H2,(H,19,20,21). The van der Waals surface area contributed by atoms with Crippen molar-refractivity contribution in [2.75, 3.05) is 5.32 Å². The van der Waals surface area contributed by atoms with Crippen molar-refractivity contribution in [2.45, 2.75) is 26.1 Å². The topological polar surface area (TPSA) is 59.1 Å². The van der Waals surface area contributed by atoms with Crippen molar-refractivity contribution in [3.63, 3.8) is 0 Å². The first kappa shape index (κ1) is 14.7. The highest BCUT2D eigenvalue weighted by Gasteiger charge is 2.28. The zero-order valence-electron chi connectivity index (χ0n) is 11.4. The van der Waals surface area contributed by atoms with Gasteiger partial charge in [-0.25, -0.2) is 9.97 Å². The second kappa shape index (κ2) is 5.90. The number of anilines is 2. The molecule has 8 heteroatoms. The summed E-state index contributed by atoms with van der Waals surface area (Å²) < 4.78 is 39.7. The molecule has 1 aromatic heterocycles. The van der Waals surface area contributed by atoms with Crippen molar-refractivity contribution in [3.8, 4) is 0 Å². The first-order chi connectivity index (χ1) is 10.5. The van der Waals surface area contributed by atoms with E-state index in [1.54, 1.807) is 30.5 Å². The average molecular weight is 310 g/mol. The lowest BCUT2D eigenvalue weighted by Gasteiger charge is -2.09. The Labute approximate surface area is 124 Å². The third kappa shape index (κ3) is 3.71. The van der Waals surface area contributed by atoms with Crippen LogP contribution in [-0.4, -0.2) is 16.3 Å². The molecule has 0 bridgehead atoms. The third-order valence-corrected chi connectivity index (χ3v) is 3.17. The normalized spacial score (nSPS) is 14.0. The van der Waals surface area contributed by atoms with Crippen LogP contribution in [0.3, 0.4) is 0 Å². The average Bonchev–Trinajstić information content (AvgIpc) is 2.93. The fourth-order valence-electron chi connectivity index (χ4n) is 2.10. The van der Waals surface area contributed by atoms with Crippen molar-refractivity contribution in [1.82, 2.24) is 15.3 Å². The highest BCUT2D eigenvalue weighted by Crippen LogP contribution is 2.21. The summed E-state index contributed by atoms with van der Waals surface area (Å²) in [5.41, 5.74) is 3.15. The Kier molecular flexibility index (Phi) is 3.95. The highest BCUT2D eigenvalue weighted by atomic mass is 19.4. The van der Waals surface area contributed by atoms with Gasteiger partial charge in [-0.05, 0) is 17.7 Å². The fourth-order valence-corrected chi connectivity index (χ4v) is 2.10. The van der Waals surface area contributed by atoms with E-state index in [9.17, 15) is 13.2 Å². The lowest BCUT2D eigenvalue weighted by Crippen LogP contribution is -2.12. The van der Waals surface area contributed by atoms with E-state index in [1.807, 2.05) is 0 Å². The van der Waals surface area contributed by atoms with Crippen LogP contribution in [0.4, 0.5) is 24.8 Å². The first-order valence-electron chi connectivity index (χ1n) is 6.62. The molecule has 0 fully saturated rings. The summed E-state index contributed by atoms with van der Waals surface area (Å²) in [4.78, 5) is 8.58. The van der Waals surface area contributed by atoms with Crippen LogP contribution in [0.15, 0.2) is 30.5 Å². The second-order valence-corrected chi connectivity index (χ2v) is 4.83. The van der Waals surface area contributed by atoms with Crippen LogP contribution < -0.4 is 10.6 Å². The number of aromatic nitrogens is 2. The maximum Gasteiger partial charge on any atom is 0.522 e. The van der Waals surface area contributed by atoms with Crippen LogP contribution in [0.2, 0.25) is 0 Å². The third-order valence-electron chi connectivity index (χ3n) is 3.17. The predicted octanol–water partition coefficient (Wildman–Crippen LogP) is 2.86. The number of nitrogens with zero attached hydrogens (tertiary/aromatic N) is 2. The van der Waals surface area contributed by atoms with Gasteiger partial charge in [0, 0.05) is 30.5 Å². The molecular weight excluding hydrogens is 297 g/mol. The van der Waals surface area contributed by atoms with Crippen LogP contribution in [0.5, 0.6) is 0 Å². The van der Waals surface area contributed by atoms with Gasteiger partial charge in [-0.3, -0.25) is 4.74 Å². The summed E-state index contributed by atoms with van der Waals surface area (Å²) in [6.45, 7) is 0.967. The molecule has 0 spiro atoms. The molecule has 116 valence electrons. The lowest BCUT2D eigenvalue weighted by atomic mass is 10.2. The monoisotopic (exact) mass is 310 g/mol. The quantitative estimate of drug-likeness (QED) is 0.909. The van der Waals surface area contributed by atoms with Crippen LogP contribution in [0.25, 0.3) is 0 Å². The van der Waals surface area contributed by atoms with Gasteiger partial charge in [0.2, 0.25) is 5.95 Å². The number of halogens is 3. The van der Waals surface area contributed by atoms with Gasteiger partial charge in [-0.1, -0.05) is 12.1 Å². The van der Waals surface area contributed by atoms with Gasteiger partial charge in [0.25, 0.3) is 0 Å². The van der Waals surface area contributed by atoms with Crippen LogP contribution >= 0.6 is 0 Å². The number of hydrogen-bond donors (Lipinski definition) is 2. The van der Waals surface area contributed by atoms with Gasteiger partial charge in [0.1, 0.15) is 0 Å². The first-order valence-corrected chi connectivity index (χ1v) is 6.62. The van der Waals surface area contributed by atoms with E-state index in [2.05, 4.69) is 25.3 Å². The van der Waals surface area contributed by atoms with E-state index < -0.39 is 13.0 Å². The van der Waals surface area contributed by atoms with Crippen molar-refractivity contribution in [2.24, 2.45) is 0 Å². The largest absolute Gasteiger partial charge is 0.522 e. The maximum atomic E-state index is 12.0. The second-order valence-electron chi connectivity index (χ2n) is 4.83. The zero-order chi connectivity index (χ0) is 15.6. The van der Waals surface area contributed by atoms with Gasteiger partial charge >= 0.3 is 6.36 Å². The van der Waals surface area contributed by atoms with Gasteiger partial charge in [0.15, 0.2) is 0 Å². The van der Waals surface area contributed by atoms with Crippen molar-refractivity contribution in [3.05, 3.63) is 47.3 Å². The zero-order valence-corrected chi connectivity index (χ0v) is 11.4. The minimum Gasteiger partial charge on any atom is -0.324 e. The molecule has 0 saturated carbocycles. The Balaban J connectivity index is 1.63. The molecule has 22 heavy (non-hydrogen) atoms. The summed E-state index contributed by atoms with van der Waals surface area (Å²) >= 11 is 0. The molecule has 0 radical (unpaired) electrons. The molecular formula is C14H13F3N4O. The number of fused-ring (bicyclic) bond motifs is 1. The van der Waals surface area contributed by atoms with E-state index in [1.165, 1.54) is 0 Å². The molecule has 2 heterocycles. The molecule has 3 rings (SSSR count). The number of ether oxygens (including phenoxy) is 1. The van der Waals surface area contributed by atoms with E-state index >= 15 is 0 Å². The Bertz CT molecular complexity index is 658. The number of benzene rings is 1. The Hall–Kier alpha value is -2.19. The van der Waals surface area contributed by atoms with E-state index in [4.69, 9.17) is 0 Å². The van der Waals surface area contributed by atoms with E-state index in [-0.39, 0.29) is 0 Å². The van der Waals surface area contributed by atoms with Gasteiger partial charge < -0.3 is 10.6 Å². The molecule has 0 amide bonds. The minimum absolute atomic E-state index is 0.432. The van der Waals surface area contributed by atoms with Gasteiger partial charge in [-0.2, -0.15) is 0 Å². The van der Waals surface area contributed by atoms with E-state index in [0.29, 0.717) is 23.7 Å². The molecule has 0 aliphatic carbocycles. The number of nitrogens with one attached hydrogen (secondary N) is 2. The number of hydrogen-bond acceptors (Lipinski definition) is 5. The van der Waals surface area contributed by atoms with E-state index in [0.717, 1.165) is 17.8 Å². The molecule has 1 aliphatic rings. The Morgan fingerprint density at radius 2 is 1.95 bits per heavy atom. The van der Waals surface area contributed by atoms with Crippen molar-refractivity contribution >= 4 is 11.6 Å². The Morgan fingerprint density at radius 3 is 2.68 bits per heavy atom. The van der Waals surface area contributed by atoms with Crippen LogP contribution in [0, 0.1) is 0 Å². The molecule has 0 unspecified atom stereocenters. The summed E-state index contributed by atoms with van der Waals surface area (Å²) in [5, 5.41) is 6.20. The number of alkyl halides is 3. The molecule has 2 N–H and O–H groups in total.